The monoisotopic (exact) mass is 371 g/mol. The minimum absolute atomic E-state index is 0.0953. The van der Waals surface area contributed by atoms with Crippen molar-refractivity contribution in [2.75, 3.05) is 18.8 Å². The van der Waals surface area contributed by atoms with Gasteiger partial charge < -0.3 is 10.0 Å². The van der Waals surface area contributed by atoms with Crippen molar-refractivity contribution in [2.45, 2.75) is 24.2 Å². The fraction of sp³-hybridized carbons (Fsp3) is 0.467. The van der Waals surface area contributed by atoms with E-state index in [2.05, 4.69) is 15.9 Å². The third kappa shape index (κ3) is 5.36. The average Bonchev–Trinajstić information content (AvgIpc) is 2.46. The van der Waals surface area contributed by atoms with Crippen LogP contribution in [0.4, 0.5) is 0 Å². The van der Waals surface area contributed by atoms with Crippen LogP contribution in [0.15, 0.2) is 33.6 Å². The van der Waals surface area contributed by atoms with Crippen LogP contribution >= 0.6 is 27.7 Å². The lowest BCUT2D eigenvalue weighted by molar-refractivity contribution is -0.140. The van der Waals surface area contributed by atoms with Gasteiger partial charge in [-0.05, 0) is 43.0 Å². The second kappa shape index (κ2) is 7.84. The van der Waals surface area contributed by atoms with Crippen LogP contribution < -0.4 is 0 Å². The van der Waals surface area contributed by atoms with E-state index in [0.717, 1.165) is 28.8 Å². The SMILES string of the molecule is O=C(O)CC1CCCN(C(=O)CSc2ccc(Br)cc2)C1. The molecule has 1 heterocycles. The largest absolute Gasteiger partial charge is 0.481 e. The number of carboxylic acids is 1. The second-order valence-electron chi connectivity index (χ2n) is 5.19. The van der Waals surface area contributed by atoms with Gasteiger partial charge in [-0.1, -0.05) is 15.9 Å². The van der Waals surface area contributed by atoms with E-state index in [1.807, 2.05) is 29.2 Å². The van der Waals surface area contributed by atoms with Gasteiger partial charge in [0.2, 0.25) is 5.91 Å². The Morgan fingerprint density at radius 3 is 2.71 bits per heavy atom. The highest BCUT2D eigenvalue weighted by Crippen LogP contribution is 2.23. The summed E-state index contributed by atoms with van der Waals surface area (Å²) in [6.45, 7) is 1.32. The highest BCUT2D eigenvalue weighted by molar-refractivity contribution is 9.10. The van der Waals surface area contributed by atoms with Crippen molar-refractivity contribution < 1.29 is 14.7 Å². The number of benzene rings is 1. The molecule has 0 radical (unpaired) electrons. The molecule has 1 saturated heterocycles. The Morgan fingerprint density at radius 1 is 1.33 bits per heavy atom. The van der Waals surface area contributed by atoms with Crippen molar-refractivity contribution in [3.63, 3.8) is 0 Å². The number of likely N-dealkylation sites (tertiary alicyclic amines) is 1. The van der Waals surface area contributed by atoms with Gasteiger partial charge in [-0.2, -0.15) is 0 Å². The van der Waals surface area contributed by atoms with Crippen molar-refractivity contribution in [3.05, 3.63) is 28.7 Å². The number of rotatable bonds is 5. The Hall–Kier alpha value is -1.01. The number of halogens is 1. The van der Waals surface area contributed by atoms with Crippen LogP contribution in [0.1, 0.15) is 19.3 Å². The number of piperidine rings is 1. The number of hydrogen-bond acceptors (Lipinski definition) is 3. The van der Waals surface area contributed by atoms with Crippen LogP contribution in [-0.2, 0) is 9.59 Å². The van der Waals surface area contributed by atoms with Crippen LogP contribution in [0.2, 0.25) is 0 Å². The summed E-state index contributed by atoms with van der Waals surface area (Å²) in [6, 6.07) is 7.87. The topological polar surface area (TPSA) is 57.6 Å². The van der Waals surface area contributed by atoms with Gasteiger partial charge in [0.25, 0.3) is 0 Å². The number of carbonyl (C=O) groups is 2. The Balaban J connectivity index is 1.82. The number of aliphatic carboxylic acids is 1. The lowest BCUT2D eigenvalue weighted by atomic mass is 9.95. The maximum atomic E-state index is 12.2. The molecule has 1 amide bonds. The summed E-state index contributed by atoms with van der Waals surface area (Å²) in [7, 11) is 0. The molecule has 0 aliphatic carbocycles. The molecule has 1 aromatic carbocycles. The lowest BCUT2D eigenvalue weighted by Crippen LogP contribution is -2.41. The van der Waals surface area contributed by atoms with E-state index in [1.54, 1.807) is 0 Å². The standard InChI is InChI=1S/C15H18BrNO3S/c16-12-3-5-13(6-4-12)21-10-14(18)17-7-1-2-11(9-17)8-15(19)20/h3-6,11H,1-2,7-10H2,(H,19,20). The zero-order valence-electron chi connectivity index (χ0n) is 11.6. The molecule has 1 atom stereocenters. The number of thioether (sulfide) groups is 1. The van der Waals surface area contributed by atoms with Crippen LogP contribution in [0.3, 0.4) is 0 Å². The zero-order chi connectivity index (χ0) is 15.2. The average molecular weight is 372 g/mol. The molecule has 0 spiro atoms. The summed E-state index contributed by atoms with van der Waals surface area (Å²) < 4.78 is 1.02. The molecule has 1 aliphatic rings. The van der Waals surface area contributed by atoms with Gasteiger partial charge in [-0.25, -0.2) is 0 Å². The molecular weight excluding hydrogens is 354 g/mol. The first-order chi connectivity index (χ1) is 10.0. The number of carboxylic acid groups (broad SMARTS) is 1. The molecule has 6 heteroatoms. The van der Waals surface area contributed by atoms with E-state index in [9.17, 15) is 9.59 Å². The van der Waals surface area contributed by atoms with E-state index in [0.29, 0.717) is 12.3 Å². The third-order valence-corrected chi connectivity index (χ3v) is 5.04. The Labute approximate surface area is 137 Å². The summed E-state index contributed by atoms with van der Waals surface area (Å²) >= 11 is 4.90. The van der Waals surface area contributed by atoms with E-state index < -0.39 is 5.97 Å². The molecule has 1 aromatic rings. The molecule has 0 aromatic heterocycles. The number of carbonyl (C=O) groups excluding carboxylic acids is 1. The Bertz CT molecular complexity index is 506. The summed E-state index contributed by atoms with van der Waals surface area (Å²) in [5.41, 5.74) is 0. The summed E-state index contributed by atoms with van der Waals surface area (Å²) in [4.78, 5) is 25.9. The minimum Gasteiger partial charge on any atom is -0.481 e. The first kappa shape index (κ1) is 16.4. The normalized spacial score (nSPS) is 18.5. The number of nitrogens with zero attached hydrogens (tertiary/aromatic N) is 1. The molecule has 114 valence electrons. The Kier molecular flexibility index (Phi) is 6.11. The van der Waals surface area contributed by atoms with Crippen LogP contribution in [-0.4, -0.2) is 40.7 Å². The summed E-state index contributed by atoms with van der Waals surface area (Å²) in [5.74, 6) is -0.184. The molecular formula is C15H18BrNO3S. The molecule has 0 saturated carbocycles. The molecule has 4 nitrogen and oxygen atoms in total. The molecule has 1 fully saturated rings. The van der Waals surface area contributed by atoms with Gasteiger partial charge in [-0.15, -0.1) is 11.8 Å². The highest BCUT2D eigenvalue weighted by Gasteiger charge is 2.25. The molecule has 2 rings (SSSR count). The van der Waals surface area contributed by atoms with Gasteiger partial charge in [0.05, 0.1) is 5.75 Å². The smallest absolute Gasteiger partial charge is 0.303 e. The number of hydrogen-bond donors (Lipinski definition) is 1. The molecule has 1 N–H and O–H groups in total. The summed E-state index contributed by atoms with van der Waals surface area (Å²) in [5, 5.41) is 8.85. The van der Waals surface area contributed by atoms with Crippen molar-refractivity contribution >= 4 is 39.6 Å². The molecule has 1 unspecified atom stereocenters. The third-order valence-electron chi connectivity index (χ3n) is 3.51. The van der Waals surface area contributed by atoms with E-state index >= 15 is 0 Å². The van der Waals surface area contributed by atoms with Crippen molar-refractivity contribution in [1.82, 2.24) is 4.90 Å². The predicted molar refractivity (Wildman–Crippen MR) is 86.4 cm³/mol. The van der Waals surface area contributed by atoms with E-state index in [4.69, 9.17) is 5.11 Å². The van der Waals surface area contributed by atoms with Crippen LogP contribution in [0.5, 0.6) is 0 Å². The Morgan fingerprint density at radius 2 is 2.05 bits per heavy atom. The van der Waals surface area contributed by atoms with Gasteiger partial charge in [0.15, 0.2) is 0 Å². The quantitative estimate of drug-likeness (QED) is 0.807. The predicted octanol–water partition coefficient (Wildman–Crippen LogP) is 3.25. The highest BCUT2D eigenvalue weighted by atomic mass is 79.9. The van der Waals surface area contributed by atoms with Gasteiger partial charge in [-0.3, -0.25) is 9.59 Å². The van der Waals surface area contributed by atoms with Gasteiger partial charge in [0.1, 0.15) is 0 Å². The van der Waals surface area contributed by atoms with Crippen LogP contribution in [0.25, 0.3) is 0 Å². The van der Waals surface area contributed by atoms with Crippen molar-refractivity contribution in [3.8, 4) is 0 Å². The zero-order valence-corrected chi connectivity index (χ0v) is 14.0. The maximum Gasteiger partial charge on any atom is 0.303 e. The fourth-order valence-corrected chi connectivity index (χ4v) is 3.54. The maximum absolute atomic E-state index is 12.2. The first-order valence-electron chi connectivity index (χ1n) is 6.92. The molecule has 21 heavy (non-hydrogen) atoms. The van der Waals surface area contributed by atoms with E-state index in [1.165, 1.54) is 11.8 Å². The van der Waals surface area contributed by atoms with Gasteiger partial charge in [0, 0.05) is 28.9 Å². The van der Waals surface area contributed by atoms with Crippen molar-refractivity contribution in [2.24, 2.45) is 5.92 Å². The van der Waals surface area contributed by atoms with Crippen molar-refractivity contribution in [1.29, 1.82) is 0 Å². The van der Waals surface area contributed by atoms with E-state index in [-0.39, 0.29) is 18.2 Å². The lowest BCUT2D eigenvalue weighted by Gasteiger charge is -2.32. The second-order valence-corrected chi connectivity index (χ2v) is 7.15. The minimum atomic E-state index is -0.779. The summed E-state index contributed by atoms with van der Waals surface area (Å²) in [6.07, 6.45) is 1.95. The molecule has 1 aliphatic heterocycles. The number of amides is 1. The fourth-order valence-electron chi connectivity index (χ4n) is 2.47. The van der Waals surface area contributed by atoms with Crippen LogP contribution in [0, 0.1) is 5.92 Å². The first-order valence-corrected chi connectivity index (χ1v) is 8.70. The molecule has 0 bridgehead atoms. The van der Waals surface area contributed by atoms with Gasteiger partial charge >= 0.3 is 5.97 Å².